The molecule has 2 aromatic carbocycles. The number of esters is 2. The van der Waals surface area contributed by atoms with Crippen molar-refractivity contribution in [3.05, 3.63) is 66.0 Å². The zero-order chi connectivity index (χ0) is 16.7. The van der Waals surface area contributed by atoms with Gasteiger partial charge in [0.25, 0.3) is 0 Å². The fraction of sp³-hybridized carbons (Fsp3) is 0.125. The summed E-state index contributed by atoms with van der Waals surface area (Å²) in [4.78, 5) is 23.2. The molecule has 0 saturated carbocycles. The van der Waals surface area contributed by atoms with Crippen LogP contribution in [0.15, 0.2) is 54.6 Å². The standard InChI is InChI=1S/C11H10N3O4.C5H5.Fe/c1-17-10(15)8-9(11(16)18-2)14(13-12-8)7-5-3-4-6-7;1-2-4-5-3-1;/h3-6H,1-2H3;1-5H;/q2*-1;+2. The van der Waals surface area contributed by atoms with Crippen molar-refractivity contribution in [1.82, 2.24) is 15.0 Å². The summed E-state index contributed by atoms with van der Waals surface area (Å²) >= 11 is 0. The molecule has 0 aliphatic carbocycles. The van der Waals surface area contributed by atoms with Gasteiger partial charge >= 0.3 is 29.0 Å². The topological polar surface area (TPSA) is 83.3 Å². The van der Waals surface area contributed by atoms with E-state index in [1.165, 1.54) is 18.9 Å². The summed E-state index contributed by atoms with van der Waals surface area (Å²) in [6.07, 6.45) is 0. The maximum Gasteiger partial charge on any atom is 2.00 e. The summed E-state index contributed by atoms with van der Waals surface area (Å²) < 4.78 is 10.4. The van der Waals surface area contributed by atoms with Crippen molar-refractivity contribution in [3.8, 4) is 5.69 Å². The van der Waals surface area contributed by atoms with E-state index in [2.05, 4.69) is 19.8 Å². The van der Waals surface area contributed by atoms with Crippen LogP contribution in [0.4, 0.5) is 0 Å². The number of nitrogens with zero attached hydrogens (tertiary/aromatic N) is 3. The normalized spacial score (nSPS) is 9.25. The fourth-order valence-electron chi connectivity index (χ4n) is 1.80. The number of rotatable bonds is 3. The van der Waals surface area contributed by atoms with Crippen molar-refractivity contribution < 1.29 is 36.1 Å². The number of methoxy groups -OCH3 is 2. The van der Waals surface area contributed by atoms with Gasteiger partial charge in [0.2, 0.25) is 5.69 Å². The van der Waals surface area contributed by atoms with Crippen LogP contribution in [-0.4, -0.2) is 41.2 Å². The van der Waals surface area contributed by atoms with Gasteiger partial charge in [0.05, 0.1) is 14.2 Å². The van der Waals surface area contributed by atoms with Crippen LogP contribution >= 0.6 is 0 Å². The van der Waals surface area contributed by atoms with Crippen molar-refractivity contribution in [1.29, 1.82) is 0 Å². The molecule has 24 heavy (non-hydrogen) atoms. The van der Waals surface area contributed by atoms with Gasteiger partial charge in [0.1, 0.15) is 0 Å². The van der Waals surface area contributed by atoms with Crippen LogP contribution in [0.25, 0.3) is 5.69 Å². The SMILES string of the molecule is COC(=O)c1nnn(-c2ccc[cH-]2)c1C(=O)OC.[Fe+2].c1cc[cH-]c1. The molecule has 0 amide bonds. The van der Waals surface area contributed by atoms with Crippen LogP contribution < -0.4 is 0 Å². The van der Waals surface area contributed by atoms with Crippen LogP contribution in [0.3, 0.4) is 0 Å². The average molecular weight is 369 g/mol. The molecule has 0 spiro atoms. The van der Waals surface area contributed by atoms with Crippen molar-refractivity contribution in [2.24, 2.45) is 0 Å². The van der Waals surface area contributed by atoms with E-state index in [4.69, 9.17) is 0 Å². The third kappa shape index (κ3) is 4.41. The van der Waals surface area contributed by atoms with E-state index in [1.807, 2.05) is 30.3 Å². The zero-order valence-corrected chi connectivity index (χ0v) is 14.1. The molecular formula is C16H15FeN3O4. The monoisotopic (exact) mass is 369 g/mol. The van der Waals surface area contributed by atoms with Crippen molar-refractivity contribution >= 4 is 11.9 Å². The number of hydrogen-bond acceptors (Lipinski definition) is 6. The van der Waals surface area contributed by atoms with Crippen LogP contribution in [0.1, 0.15) is 21.0 Å². The second kappa shape index (κ2) is 9.44. The molecule has 7 nitrogen and oxygen atoms in total. The van der Waals surface area contributed by atoms with E-state index in [1.54, 1.807) is 24.3 Å². The van der Waals surface area contributed by atoms with E-state index < -0.39 is 11.9 Å². The Kier molecular flexibility index (Phi) is 7.61. The second-order valence-corrected chi connectivity index (χ2v) is 4.29. The summed E-state index contributed by atoms with van der Waals surface area (Å²) in [7, 11) is 2.41. The molecule has 3 rings (SSSR count). The van der Waals surface area contributed by atoms with Crippen LogP contribution in [0, 0.1) is 0 Å². The van der Waals surface area contributed by atoms with Crippen LogP contribution in [0.2, 0.25) is 0 Å². The van der Waals surface area contributed by atoms with Gasteiger partial charge in [-0.1, -0.05) is 10.9 Å². The first-order chi connectivity index (χ1) is 11.2. The quantitative estimate of drug-likeness (QED) is 0.399. The molecule has 1 aromatic heterocycles. The number of ether oxygens (including phenoxy) is 2. The van der Waals surface area contributed by atoms with Gasteiger partial charge in [-0.25, -0.2) is 32.5 Å². The molecule has 0 fully saturated rings. The van der Waals surface area contributed by atoms with Crippen molar-refractivity contribution in [3.63, 3.8) is 0 Å². The maximum atomic E-state index is 11.7. The molecule has 1 heterocycles. The molecule has 0 bridgehead atoms. The van der Waals surface area contributed by atoms with Gasteiger partial charge in [-0.2, -0.15) is 30.3 Å². The second-order valence-electron chi connectivity index (χ2n) is 4.29. The number of carbonyl (C=O) groups is 2. The molecule has 8 heteroatoms. The summed E-state index contributed by atoms with van der Waals surface area (Å²) in [5.41, 5.74) is 0.374. The Hall–Kier alpha value is -2.70. The molecule has 0 unspecified atom stereocenters. The molecule has 0 radical (unpaired) electrons. The molecule has 126 valence electrons. The molecule has 0 saturated heterocycles. The predicted octanol–water partition coefficient (Wildman–Crippen LogP) is 1.96. The number of carbonyl (C=O) groups excluding carboxylic acids is 2. The van der Waals surface area contributed by atoms with Crippen LogP contribution in [0.5, 0.6) is 0 Å². The average Bonchev–Trinajstić information content (AvgIpc) is 3.35. The molecular weight excluding hydrogens is 354 g/mol. The molecule has 0 atom stereocenters. The minimum atomic E-state index is -0.742. The minimum Gasteiger partial charge on any atom is -0.464 e. The van der Waals surface area contributed by atoms with E-state index in [9.17, 15) is 9.59 Å². The van der Waals surface area contributed by atoms with Gasteiger partial charge in [-0.15, -0.1) is 11.2 Å². The predicted molar refractivity (Wildman–Crippen MR) is 81.7 cm³/mol. The molecule has 0 N–H and O–H groups in total. The van der Waals surface area contributed by atoms with E-state index in [-0.39, 0.29) is 28.5 Å². The fourth-order valence-corrected chi connectivity index (χ4v) is 1.80. The number of hydrogen-bond donors (Lipinski definition) is 0. The Balaban J connectivity index is 0.000000412. The summed E-state index contributed by atoms with van der Waals surface area (Å²) in [6.45, 7) is 0. The smallest absolute Gasteiger partial charge is 0.464 e. The van der Waals surface area contributed by atoms with Gasteiger partial charge < -0.3 is 9.47 Å². The molecule has 0 aliphatic rings. The molecule has 3 aromatic rings. The third-order valence-electron chi connectivity index (χ3n) is 2.87. The van der Waals surface area contributed by atoms with Gasteiger partial charge in [-0.3, -0.25) is 0 Å². The summed E-state index contributed by atoms with van der Waals surface area (Å²) in [5, 5.41) is 7.41. The Labute approximate surface area is 149 Å². The van der Waals surface area contributed by atoms with E-state index in [0.717, 1.165) is 0 Å². The van der Waals surface area contributed by atoms with Crippen LogP contribution in [-0.2, 0) is 26.5 Å². The Morgan fingerprint density at radius 3 is 2.17 bits per heavy atom. The first-order valence-electron chi connectivity index (χ1n) is 6.70. The summed E-state index contributed by atoms with van der Waals surface area (Å²) in [6, 6.07) is 17.0. The number of aromatic nitrogens is 3. The van der Waals surface area contributed by atoms with Crippen molar-refractivity contribution in [2.75, 3.05) is 14.2 Å². The maximum absolute atomic E-state index is 11.7. The zero-order valence-electron chi connectivity index (χ0n) is 13.0. The molecule has 0 aliphatic heterocycles. The van der Waals surface area contributed by atoms with Crippen molar-refractivity contribution in [2.45, 2.75) is 0 Å². The third-order valence-corrected chi connectivity index (χ3v) is 2.87. The van der Waals surface area contributed by atoms with E-state index in [0.29, 0.717) is 5.69 Å². The van der Waals surface area contributed by atoms with Gasteiger partial charge in [0, 0.05) is 0 Å². The summed E-state index contributed by atoms with van der Waals surface area (Å²) in [5.74, 6) is -1.45. The Morgan fingerprint density at radius 2 is 1.71 bits per heavy atom. The largest absolute Gasteiger partial charge is 2.00 e. The van der Waals surface area contributed by atoms with Gasteiger partial charge in [0.15, 0.2) is 5.69 Å². The Bertz CT molecular complexity index is 731. The first-order valence-corrected chi connectivity index (χ1v) is 6.70. The van der Waals surface area contributed by atoms with E-state index >= 15 is 0 Å². The Morgan fingerprint density at radius 1 is 1.04 bits per heavy atom. The minimum absolute atomic E-state index is 0. The first kappa shape index (κ1) is 19.3. The van der Waals surface area contributed by atoms with Gasteiger partial charge in [-0.05, 0) is 0 Å².